The maximum Gasteiger partial charge on any atom is 0.329 e. The number of aromatic nitrogens is 2. The number of amides is 4. The monoisotopic (exact) mass is 540 g/mol. The van der Waals surface area contributed by atoms with E-state index >= 15 is 0 Å². The first-order valence-electron chi connectivity index (χ1n) is 11.3. The summed E-state index contributed by atoms with van der Waals surface area (Å²) >= 11 is 0. The van der Waals surface area contributed by atoms with E-state index in [1.54, 1.807) is 18.6 Å². The largest absolute Gasteiger partial charge is 0.480 e. The molecule has 1 aromatic heterocycles. The number of imidazole rings is 1. The van der Waals surface area contributed by atoms with Crippen molar-refractivity contribution in [2.75, 3.05) is 6.54 Å². The zero-order valence-electron chi connectivity index (χ0n) is 20.2. The summed E-state index contributed by atoms with van der Waals surface area (Å²) in [4.78, 5) is 54.9. The number of hydrogen-bond donors (Lipinski definition) is 6. The lowest BCUT2D eigenvalue weighted by Crippen LogP contribution is -2.54. The molecule has 0 aliphatic rings. The lowest BCUT2D eigenvalue weighted by atomic mass is 9.98. The van der Waals surface area contributed by atoms with Gasteiger partial charge in [-0.05, 0) is 30.2 Å². The second-order valence-corrected chi connectivity index (χ2v) is 9.86. The number of carboxylic acids is 1. The average Bonchev–Trinajstić information content (AvgIpc) is 3.34. The Hall–Kier alpha value is -4.01. The first kappa shape index (κ1) is 29.2. The highest BCUT2D eigenvalue weighted by atomic mass is 32.2. The van der Waals surface area contributed by atoms with Gasteiger partial charge in [0.05, 0.1) is 11.2 Å². The number of sulfonamides is 1. The van der Waals surface area contributed by atoms with Crippen LogP contribution in [0, 0.1) is 11.7 Å². The number of nitrogens with one attached hydrogen (secondary N) is 5. The average molecular weight is 541 g/mol. The molecule has 1 aromatic carbocycles. The first-order chi connectivity index (χ1) is 17.4. The molecule has 37 heavy (non-hydrogen) atoms. The number of carboxylic acid groups (broad SMARTS) is 1. The van der Waals surface area contributed by atoms with Gasteiger partial charge >= 0.3 is 12.0 Å². The molecule has 202 valence electrons. The number of rotatable bonds is 13. The van der Waals surface area contributed by atoms with Crippen LogP contribution in [0.4, 0.5) is 9.18 Å². The minimum atomic E-state index is -4.31. The van der Waals surface area contributed by atoms with Crippen LogP contribution < -0.4 is 20.7 Å². The Labute approximate surface area is 212 Å². The summed E-state index contributed by atoms with van der Waals surface area (Å²) in [5.74, 6) is -3.58. The Balaban J connectivity index is 1.91. The van der Waals surface area contributed by atoms with Gasteiger partial charge in [-0.2, -0.15) is 0 Å². The van der Waals surface area contributed by atoms with Crippen molar-refractivity contribution < 1.29 is 37.1 Å². The van der Waals surface area contributed by atoms with E-state index in [-0.39, 0.29) is 24.3 Å². The number of H-pyrrole nitrogens is 1. The lowest BCUT2D eigenvalue weighted by molar-refractivity contribution is -0.141. The van der Waals surface area contributed by atoms with Crippen LogP contribution in [0.3, 0.4) is 0 Å². The molecule has 0 bridgehead atoms. The van der Waals surface area contributed by atoms with Gasteiger partial charge in [0.1, 0.15) is 17.9 Å². The number of aromatic amines is 1. The van der Waals surface area contributed by atoms with Crippen molar-refractivity contribution in [3.8, 4) is 0 Å². The Morgan fingerprint density at radius 1 is 1.14 bits per heavy atom. The fraction of sp³-hybridized carbons (Fsp3) is 0.409. The van der Waals surface area contributed by atoms with Crippen LogP contribution in [0.5, 0.6) is 0 Å². The number of aliphatic carboxylic acids is 1. The van der Waals surface area contributed by atoms with Gasteiger partial charge in [-0.25, -0.2) is 32.1 Å². The molecule has 0 saturated heterocycles. The molecule has 15 heteroatoms. The third-order valence-electron chi connectivity index (χ3n) is 5.40. The zero-order chi connectivity index (χ0) is 27.6. The molecule has 0 radical (unpaired) electrons. The molecule has 0 fully saturated rings. The number of benzene rings is 1. The van der Waals surface area contributed by atoms with Crippen LogP contribution in [0.25, 0.3) is 0 Å². The summed E-state index contributed by atoms with van der Waals surface area (Å²) in [5, 5.41) is 16.5. The van der Waals surface area contributed by atoms with Crippen LogP contribution in [0.15, 0.2) is 41.7 Å². The van der Waals surface area contributed by atoms with E-state index in [1.807, 2.05) is 0 Å². The SMILES string of the molecule is CC[C@H](C)[C@H](NC(=O)NS(=O)(=O)c1ccc(F)cc1)C(=O)NCCC(=O)N[C@@H](Cc1cnc[nH]1)C(=O)O. The number of nitrogens with zero attached hydrogens (tertiary/aromatic N) is 1. The number of halogens is 1. The Morgan fingerprint density at radius 3 is 2.38 bits per heavy atom. The quantitative estimate of drug-likeness (QED) is 0.208. The van der Waals surface area contributed by atoms with Crippen LogP contribution >= 0.6 is 0 Å². The van der Waals surface area contributed by atoms with Gasteiger partial charge in [0.15, 0.2) is 0 Å². The summed E-state index contributed by atoms with van der Waals surface area (Å²) < 4.78 is 39.5. The molecule has 0 aliphatic heterocycles. The molecule has 1 heterocycles. The molecule has 0 aliphatic carbocycles. The van der Waals surface area contributed by atoms with Crippen molar-refractivity contribution >= 4 is 33.8 Å². The van der Waals surface area contributed by atoms with Crippen molar-refractivity contribution in [1.29, 1.82) is 0 Å². The molecule has 0 spiro atoms. The van der Waals surface area contributed by atoms with E-state index in [0.29, 0.717) is 12.1 Å². The minimum absolute atomic E-state index is 0.0105. The highest BCUT2D eigenvalue weighted by Crippen LogP contribution is 2.11. The topological polar surface area (TPSA) is 199 Å². The van der Waals surface area contributed by atoms with Gasteiger partial charge in [-0.15, -0.1) is 0 Å². The van der Waals surface area contributed by atoms with Crippen molar-refractivity contribution in [2.45, 2.75) is 50.1 Å². The van der Waals surface area contributed by atoms with E-state index < -0.39 is 57.7 Å². The molecular weight excluding hydrogens is 511 g/mol. The zero-order valence-corrected chi connectivity index (χ0v) is 21.0. The number of carbonyl (C=O) groups excluding carboxylic acids is 3. The number of carbonyl (C=O) groups is 4. The van der Waals surface area contributed by atoms with Crippen molar-refractivity contribution in [3.05, 3.63) is 48.3 Å². The molecule has 2 aromatic rings. The Bertz CT molecular complexity index is 1190. The van der Waals surface area contributed by atoms with Gasteiger partial charge < -0.3 is 26.0 Å². The third kappa shape index (κ3) is 9.18. The van der Waals surface area contributed by atoms with Crippen LogP contribution in [-0.4, -0.2) is 65.9 Å². The number of hydrogen-bond acceptors (Lipinski definition) is 7. The molecule has 0 saturated carbocycles. The highest BCUT2D eigenvalue weighted by molar-refractivity contribution is 7.90. The molecule has 6 N–H and O–H groups in total. The van der Waals surface area contributed by atoms with Gasteiger partial charge in [0.2, 0.25) is 11.8 Å². The Morgan fingerprint density at radius 2 is 1.81 bits per heavy atom. The van der Waals surface area contributed by atoms with Crippen molar-refractivity contribution in [2.24, 2.45) is 5.92 Å². The molecule has 0 unspecified atom stereocenters. The number of urea groups is 1. The van der Waals surface area contributed by atoms with E-state index in [1.165, 1.54) is 12.5 Å². The fourth-order valence-corrected chi connectivity index (χ4v) is 4.07. The lowest BCUT2D eigenvalue weighted by Gasteiger charge is -2.23. The van der Waals surface area contributed by atoms with Gasteiger partial charge in [-0.1, -0.05) is 20.3 Å². The van der Waals surface area contributed by atoms with E-state index in [2.05, 4.69) is 25.9 Å². The van der Waals surface area contributed by atoms with Crippen LogP contribution in [0.1, 0.15) is 32.4 Å². The van der Waals surface area contributed by atoms with Crippen molar-refractivity contribution in [3.63, 3.8) is 0 Å². The molecule has 3 atom stereocenters. The maximum atomic E-state index is 13.1. The minimum Gasteiger partial charge on any atom is -0.480 e. The summed E-state index contributed by atoms with van der Waals surface area (Å²) in [6.07, 6.45) is 3.02. The first-order valence-corrected chi connectivity index (χ1v) is 12.8. The Kier molecular flexibility index (Phi) is 10.5. The van der Waals surface area contributed by atoms with Crippen LogP contribution in [0.2, 0.25) is 0 Å². The third-order valence-corrected chi connectivity index (χ3v) is 6.74. The van der Waals surface area contributed by atoms with Gasteiger partial charge in [-0.3, -0.25) is 9.59 Å². The van der Waals surface area contributed by atoms with Crippen LogP contribution in [-0.2, 0) is 30.8 Å². The molecule has 2 rings (SSSR count). The van der Waals surface area contributed by atoms with Crippen molar-refractivity contribution in [1.82, 2.24) is 30.6 Å². The van der Waals surface area contributed by atoms with E-state index in [9.17, 15) is 37.1 Å². The molecular formula is C22H29FN6O7S. The predicted molar refractivity (Wildman–Crippen MR) is 128 cm³/mol. The summed E-state index contributed by atoms with van der Waals surface area (Å²) in [7, 11) is -4.31. The smallest absolute Gasteiger partial charge is 0.329 e. The maximum absolute atomic E-state index is 13.1. The van der Waals surface area contributed by atoms with E-state index in [0.717, 1.165) is 24.3 Å². The van der Waals surface area contributed by atoms with Gasteiger partial charge in [0.25, 0.3) is 10.0 Å². The molecule has 4 amide bonds. The highest BCUT2D eigenvalue weighted by Gasteiger charge is 2.28. The normalized spacial score (nSPS) is 13.6. The van der Waals surface area contributed by atoms with Gasteiger partial charge in [0, 0.05) is 31.3 Å². The summed E-state index contributed by atoms with van der Waals surface area (Å²) in [6, 6.07) is 0.318. The summed E-state index contributed by atoms with van der Waals surface area (Å²) in [6.45, 7) is 3.27. The standard InChI is InChI=1S/C22H29FN6O7S/c1-3-13(2)19(28-22(34)29-37(35,36)16-6-4-14(23)5-7-16)20(31)25-9-8-18(30)27-17(21(32)33)10-15-11-24-12-26-15/h4-7,11-13,17,19H,3,8-10H2,1-2H3,(H,24,26)(H,25,31)(H,27,30)(H,32,33)(H2,28,29,34)/t13-,17-,19-/m0/s1. The van der Waals surface area contributed by atoms with E-state index in [4.69, 9.17) is 0 Å². The molecule has 13 nitrogen and oxygen atoms in total. The second-order valence-electron chi connectivity index (χ2n) is 8.18. The summed E-state index contributed by atoms with van der Waals surface area (Å²) in [5.41, 5.74) is 0.517. The second kappa shape index (κ2) is 13.3. The predicted octanol–water partition coefficient (Wildman–Crippen LogP) is 0.270. The fourth-order valence-electron chi connectivity index (χ4n) is 3.16.